The molecule has 0 bridgehead atoms. The molecule has 7 nitrogen and oxygen atoms in total. The predicted molar refractivity (Wildman–Crippen MR) is 135 cm³/mol. The molecule has 0 aliphatic carbocycles. The molecule has 0 aromatic heterocycles. The van der Waals surface area contributed by atoms with Crippen LogP contribution < -0.4 is 31.0 Å². The van der Waals surface area contributed by atoms with E-state index in [1.54, 1.807) is 26.4 Å². The van der Waals surface area contributed by atoms with Crippen molar-refractivity contribution in [1.29, 1.82) is 0 Å². The fraction of sp³-hybridized carbons (Fsp3) is 0.321. The van der Waals surface area contributed by atoms with Crippen molar-refractivity contribution in [1.82, 2.24) is 21.5 Å². The van der Waals surface area contributed by atoms with Crippen molar-refractivity contribution < 1.29 is 18.7 Å². The Bertz CT molecular complexity index is 1190. The Kier molecular flexibility index (Phi) is 7.18. The number of benzene rings is 3. The minimum atomic E-state index is -0.296. The van der Waals surface area contributed by atoms with E-state index in [0.717, 1.165) is 28.2 Å². The van der Waals surface area contributed by atoms with Gasteiger partial charge in [-0.15, -0.1) is 0 Å². The number of methoxy groups -OCH3 is 2. The summed E-state index contributed by atoms with van der Waals surface area (Å²) in [5.41, 5.74) is 9.63. The van der Waals surface area contributed by atoms with Crippen molar-refractivity contribution in [3.05, 3.63) is 95.3 Å². The fourth-order valence-electron chi connectivity index (χ4n) is 5.37. The summed E-state index contributed by atoms with van der Waals surface area (Å²) in [5, 5.41) is 6.81. The highest BCUT2D eigenvalue weighted by molar-refractivity contribution is 5.79. The summed E-state index contributed by atoms with van der Waals surface area (Å²) < 4.78 is 24.4. The Morgan fingerprint density at radius 1 is 0.944 bits per heavy atom. The number of carbonyl (C=O) groups excluding carboxylic acids is 1. The van der Waals surface area contributed by atoms with Gasteiger partial charge in [0.1, 0.15) is 17.3 Å². The van der Waals surface area contributed by atoms with Crippen molar-refractivity contribution >= 4 is 5.91 Å². The summed E-state index contributed by atoms with van der Waals surface area (Å²) in [6, 6.07) is 21.9. The summed E-state index contributed by atoms with van der Waals surface area (Å²) in [7, 11) is 3.27. The Labute approximate surface area is 210 Å². The third kappa shape index (κ3) is 4.93. The number of rotatable bonds is 7. The molecule has 2 heterocycles. The summed E-state index contributed by atoms with van der Waals surface area (Å²) in [6.07, 6.45) is 0.467. The first kappa shape index (κ1) is 24.2. The molecule has 36 heavy (non-hydrogen) atoms. The van der Waals surface area contributed by atoms with Crippen LogP contribution >= 0.6 is 0 Å². The highest BCUT2D eigenvalue weighted by Crippen LogP contribution is 2.42. The summed E-state index contributed by atoms with van der Waals surface area (Å²) in [6.45, 7) is 0.374. The van der Waals surface area contributed by atoms with Crippen LogP contribution in [0.1, 0.15) is 35.2 Å². The van der Waals surface area contributed by atoms with E-state index in [0.29, 0.717) is 13.0 Å². The molecule has 5 atom stereocenters. The Morgan fingerprint density at radius 2 is 1.67 bits per heavy atom. The zero-order valence-corrected chi connectivity index (χ0v) is 20.3. The molecule has 4 N–H and O–H groups in total. The van der Waals surface area contributed by atoms with Crippen LogP contribution in [0.15, 0.2) is 72.8 Å². The van der Waals surface area contributed by atoms with Crippen LogP contribution in [0.4, 0.5) is 4.39 Å². The maximum Gasteiger partial charge on any atom is 0.223 e. The van der Waals surface area contributed by atoms with Crippen molar-refractivity contribution in [3.8, 4) is 11.5 Å². The van der Waals surface area contributed by atoms with E-state index in [4.69, 9.17) is 9.47 Å². The van der Waals surface area contributed by atoms with Crippen LogP contribution in [0.3, 0.4) is 0 Å². The number of para-hydroxylation sites is 1. The van der Waals surface area contributed by atoms with Crippen LogP contribution in [0.2, 0.25) is 0 Å². The number of hydrogen-bond donors (Lipinski definition) is 4. The topological polar surface area (TPSA) is 83.7 Å². The lowest BCUT2D eigenvalue weighted by atomic mass is 9.74. The molecule has 3 aromatic carbocycles. The van der Waals surface area contributed by atoms with Crippen LogP contribution in [0.25, 0.3) is 0 Å². The number of hydrogen-bond acceptors (Lipinski definition) is 6. The largest absolute Gasteiger partial charge is 0.497 e. The standard InChI is InChI=1S/C28H31FN4O3/c1-35-21-13-9-17(10-14-21)23-15-22(28(34)30-16-19-5-3-4-6-24(19)36-2)25-26(32-33-27(25)31-23)18-7-11-20(29)12-8-18/h3-14,22-23,25-27,31-33H,15-16H2,1-2H3,(H,30,34). The zero-order valence-electron chi connectivity index (χ0n) is 20.3. The molecule has 5 unspecified atom stereocenters. The molecule has 2 aliphatic rings. The highest BCUT2D eigenvalue weighted by Gasteiger charge is 2.49. The maximum absolute atomic E-state index is 13.7. The summed E-state index contributed by atoms with van der Waals surface area (Å²) in [5.74, 6) is 0.849. The average Bonchev–Trinajstić information content (AvgIpc) is 3.36. The molecule has 3 aromatic rings. The SMILES string of the molecule is COc1ccc(C2CC(C(=O)NCc3ccccc3OC)C3C(NNC3c3ccc(F)cc3)N2)cc1. The smallest absolute Gasteiger partial charge is 0.223 e. The van der Waals surface area contributed by atoms with Gasteiger partial charge in [0.2, 0.25) is 5.91 Å². The van der Waals surface area contributed by atoms with E-state index in [1.807, 2.05) is 48.5 Å². The monoisotopic (exact) mass is 490 g/mol. The lowest BCUT2D eigenvalue weighted by molar-refractivity contribution is -0.129. The molecule has 0 spiro atoms. The second-order valence-corrected chi connectivity index (χ2v) is 9.24. The lowest BCUT2D eigenvalue weighted by Crippen LogP contribution is -2.54. The quantitative estimate of drug-likeness (QED) is 0.405. The molecule has 8 heteroatoms. The van der Waals surface area contributed by atoms with Crippen molar-refractivity contribution in [2.75, 3.05) is 14.2 Å². The van der Waals surface area contributed by atoms with Crippen LogP contribution in [0.5, 0.6) is 11.5 Å². The van der Waals surface area contributed by atoms with Crippen molar-refractivity contribution in [2.24, 2.45) is 11.8 Å². The molecule has 2 fully saturated rings. The van der Waals surface area contributed by atoms with Gasteiger partial charge in [-0.3, -0.25) is 10.1 Å². The van der Waals surface area contributed by atoms with Crippen LogP contribution in [-0.2, 0) is 11.3 Å². The Balaban J connectivity index is 1.41. The number of hydrazine groups is 1. The molecule has 2 saturated heterocycles. The average molecular weight is 491 g/mol. The van der Waals surface area contributed by atoms with Crippen molar-refractivity contribution in [3.63, 3.8) is 0 Å². The van der Waals surface area contributed by atoms with E-state index in [1.165, 1.54) is 12.1 Å². The Morgan fingerprint density at radius 3 is 2.39 bits per heavy atom. The minimum absolute atomic E-state index is 0.0199. The van der Waals surface area contributed by atoms with Gasteiger partial charge in [-0.1, -0.05) is 42.5 Å². The van der Waals surface area contributed by atoms with Gasteiger partial charge < -0.3 is 14.8 Å². The molecular weight excluding hydrogens is 459 g/mol. The minimum Gasteiger partial charge on any atom is -0.497 e. The number of amides is 1. The van der Waals surface area contributed by atoms with E-state index in [-0.39, 0.29) is 41.8 Å². The molecule has 0 radical (unpaired) electrons. The van der Waals surface area contributed by atoms with E-state index >= 15 is 0 Å². The summed E-state index contributed by atoms with van der Waals surface area (Å²) >= 11 is 0. The second kappa shape index (κ2) is 10.7. The number of halogens is 1. The molecule has 0 saturated carbocycles. The summed E-state index contributed by atoms with van der Waals surface area (Å²) in [4.78, 5) is 13.7. The first-order valence-corrected chi connectivity index (χ1v) is 12.1. The van der Waals surface area contributed by atoms with Gasteiger partial charge in [0.15, 0.2) is 0 Å². The van der Waals surface area contributed by atoms with Gasteiger partial charge >= 0.3 is 0 Å². The maximum atomic E-state index is 13.7. The zero-order chi connectivity index (χ0) is 25.1. The molecule has 1 amide bonds. The van der Waals surface area contributed by atoms with E-state index < -0.39 is 0 Å². The number of carbonyl (C=O) groups is 1. The molecular formula is C28H31FN4O3. The van der Waals surface area contributed by atoms with E-state index in [2.05, 4.69) is 21.5 Å². The Hall–Kier alpha value is -3.46. The van der Waals surface area contributed by atoms with Gasteiger partial charge in [0, 0.05) is 30.0 Å². The van der Waals surface area contributed by atoms with Crippen LogP contribution in [-0.4, -0.2) is 26.3 Å². The van der Waals surface area contributed by atoms with Crippen molar-refractivity contribution in [2.45, 2.75) is 31.2 Å². The first-order valence-electron chi connectivity index (χ1n) is 12.1. The number of nitrogens with one attached hydrogen (secondary N) is 4. The van der Waals surface area contributed by atoms with Gasteiger partial charge in [-0.2, -0.15) is 0 Å². The van der Waals surface area contributed by atoms with E-state index in [9.17, 15) is 9.18 Å². The van der Waals surface area contributed by atoms with Gasteiger partial charge in [0.25, 0.3) is 0 Å². The number of fused-ring (bicyclic) bond motifs is 1. The fourth-order valence-corrected chi connectivity index (χ4v) is 5.37. The molecule has 2 aliphatic heterocycles. The van der Waals surface area contributed by atoms with Gasteiger partial charge in [-0.05, 0) is 47.9 Å². The third-order valence-corrected chi connectivity index (χ3v) is 7.23. The lowest BCUT2D eigenvalue weighted by Gasteiger charge is -2.40. The second-order valence-electron chi connectivity index (χ2n) is 9.24. The third-order valence-electron chi connectivity index (χ3n) is 7.23. The first-order chi connectivity index (χ1) is 17.6. The number of ether oxygens (including phenoxy) is 2. The highest BCUT2D eigenvalue weighted by atomic mass is 19.1. The predicted octanol–water partition coefficient (Wildman–Crippen LogP) is 3.60. The molecule has 188 valence electrons. The number of piperidine rings is 1. The molecule has 5 rings (SSSR count). The normalized spacial score (nSPS) is 25.1. The van der Waals surface area contributed by atoms with Gasteiger partial charge in [-0.25, -0.2) is 15.2 Å². The van der Waals surface area contributed by atoms with Gasteiger partial charge in [0.05, 0.1) is 26.4 Å². The van der Waals surface area contributed by atoms with Crippen LogP contribution in [0, 0.1) is 17.7 Å².